The Morgan fingerprint density at radius 2 is 2.65 bits per heavy atom. The Bertz CT molecular complexity index is 347. The Morgan fingerprint density at radius 1 is 1.76 bits per heavy atom. The quantitative estimate of drug-likeness (QED) is 0.836. The van der Waals surface area contributed by atoms with E-state index in [9.17, 15) is 4.79 Å². The highest BCUT2D eigenvalue weighted by Crippen LogP contribution is 2.23. The molecule has 1 aromatic heterocycles. The highest BCUT2D eigenvalue weighted by Gasteiger charge is 2.23. The lowest BCUT2D eigenvalue weighted by atomic mass is 10.1. The molecule has 1 amide bonds. The van der Waals surface area contributed by atoms with Gasteiger partial charge in [0.05, 0.1) is 22.1 Å². The maximum absolute atomic E-state index is 11.7. The van der Waals surface area contributed by atoms with Crippen LogP contribution in [0.15, 0.2) is 21.7 Å². The predicted molar refractivity (Wildman–Crippen MR) is 71.6 cm³/mol. The molecule has 0 saturated carbocycles. The third-order valence-electron chi connectivity index (χ3n) is 2.75. The van der Waals surface area contributed by atoms with Gasteiger partial charge in [-0.15, -0.1) is 23.1 Å². The molecule has 0 radical (unpaired) electrons. The highest BCUT2D eigenvalue weighted by molar-refractivity contribution is 8.01. The van der Waals surface area contributed by atoms with Gasteiger partial charge < -0.3 is 10.1 Å². The number of rotatable bonds is 5. The molecule has 3 nitrogen and oxygen atoms in total. The molecule has 0 aromatic carbocycles. The Labute approximate surface area is 110 Å². The minimum absolute atomic E-state index is 0.0893. The van der Waals surface area contributed by atoms with Gasteiger partial charge in [0, 0.05) is 6.61 Å². The summed E-state index contributed by atoms with van der Waals surface area (Å²) in [5, 5.41) is 5.03. The summed E-state index contributed by atoms with van der Waals surface area (Å²) in [6.07, 6.45) is 2.36. The second kappa shape index (κ2) is 6.42. The van der Waals surface area contributed by atoms with E-state index in [4.69, 9.17) is 4.74 Å². The predicted octanol–water partition coefficient (Wildman–Crippen LogP) is 2.52. The molecule has 1 fully saturated rings. The van der Waals surface area contributed by atoms with E-state index in [1.165, 1.54) is 4.21 Å². The zero-order chi connectivity index (χ0) is 12.1. The van der Waals surface area contributed by atoms with Crippen molar-refractivity contribution in [1.82, 2.24) is 5.32 Å². The summed E-state index contributed by atoms with van der Waals surface area (Å²) in [5.41, 5.74) is 0. The molecule has 17 heavy (non-hydrogen) atoms. The van der Waals surface area contributed by atoms with Gasteiger partial charge in [-0.25, -0.2) is 0 Å². The minimum Gasteiger partial charge on any atom is -0.376 e. The standard InChI is InChI=1S/C12H17NO2S2/c1-9(10-4-2-6-15-10)13-11(14)8-17-12-5-3-7-16-12/h3,5,7,9-10H,2,4,6,8H2,1H3,(H,13,14)/t9-,10-/m0/s1. The zero-order valence-electron chi connectivity index (χ0n) is 9.85. The Morgan fingerprint density at radius 3 is 3.29 bits per heavy atom. The number of hydrogen-bond acceptors (Lipinski definition) is 4. The van der Waals surface area contributed by atoms with Gasteiger partial charge >= 0.3 is 0 Å². The fourth-order valence-corrected chi connectivity index (χ4v) is 3.46. The van der Waals surface area contributed by atoms with Crippen LogP contribution in [0.25, 0.3) is 0 Å². The van der Waals surface area contributed by atoms with Crippen molar-refractivity contribution in [2.24, 2.45) is 0 Å². The fraction of sp³-hybridized carbons (Fsp3) is 0.583. The van der Waals surface area contributed by atoms with Crippen molar-refractivity contribution in [1.29, 1.82) is 0 Å². The first-order valence-corrected chi connectivity index (χ1v) is 7.69. The van der Waals surface area contributed by atoms with Crippen molar-refractivity contribution in [3.63, 3.8) is 0 Å². The zero-order valence-corrected chi connectivity index (χ0v) is 11.5. The Balaban J connectivity index is 1.69. The average molecular weight is 271 g/mol. The maximum Gasteiger partial charge on any atom is 0.230 e. The van der Waals surface area contributed by atoms with Crippen molar-refractivity contribution in [2.45, 2.75) is 36.1 Å². The number of thiophene rings is 1. The molecule has 1 N–H and O–H groups in total. The van der Waals surface area contributed by atoms with Gasteiger partial charge in [0.25, 0.3) is 0 Å². The first-order valence-electron chi connectivity index (χ1n) is 5.83. The van der Waals surface area contributed by atoms with Gasteiger partial charge in [-0.1, -0.05) is 6.07 Å². The van der Waals surface area contributed by atoms with Crippen LogP contribution in [0.5, 0.6) is 0 Å². The molecule has 1 saturated heterocycles. The molecule has 2 heterocycles. The van der Waals surface area contributed by atoms with Crippen LogP contribution >= 0.6 is 23.1 Å². The van der Waals surface area contributed by atoms with Gasteiger partial charge in [-0.3, -0.25) is 4.79 Å². The molecule has 2 atom stereocenters. The molecular formula is C12H17NO2S2. The molecule has 5 heteroatoms. The SMILES string of the molecule is C[C@H](NC(=O)CSc1cccs1)[C@@H]1CCCO1. The first-order chi connectivity index (χ1) is 8.25. The second-order valence-corrected chi connectivity index (χ2v) is 6.35. The summed E-state index contributed by atoms with van der Waals surface area (Å²) in [5.74, 6) is 0.573. The van der Waals surface area contributed by atoms with Gasteiger partial charge in [0.2, 0.25) is 5.91 Å². The second-order valence-electron chi connectivity index (χ2n) is 4.13. The number of carbonyl (C=O) groups is 1. The number of amides is 1. The van der Waals surface area contributed by atoms with Crippen LogP contribution < -0.4 is 5.32 Å². The third kappa shape index (κ3) is 4.01. The van der Waals surface area contributed by atoms with Crippen molar-refractivity contribution in [3.8, 4) is 0 Å². The van der Waals surface area contributed by atoms with Crippen molar-refractivity contribution in [3.05, 3.63) is 17.5 Å². The summed E-state index contributed by atoms with van der Waals surface area (Å²) in [6, 6.07) is 4.15. The van der Waals surface area contributed by atoms with Crippen LogP contribution in [-0.4, -0.2) is 30.4 Å². The number of ether oxygens (including phenoxy) is 1. The number of hydrogen-bond donors (Lipinski definition) is 1. The van der Waals surface area contributed by atoms with E-state index in [0.29, 0.717) is 5.75 Å². The topological polar surface area (TPSA) is 38.3 Å². The number of carbonyl (C=O) groups excluding carboxylic acids is 1. The summed E-state index contributed by atoms with van der Waals surface area (Å²) >= 11 is 3.25. The smallest absolute Gasteiger partial charge is 0.230 e. The van der Waals surface area contributed by atoms with Gasteiger partial charge in [0.1, 0.15) is 0 Å². The van der Waals surface area contributed by atoms with E-state index in [-0.39, 0.29) is 18.1 Å². The first kappa shape index (κ1) is 12.9. The van der Waals surface area contributed by atoms with E-state index in [1.54, 1.807) is 23.1 Å². The third-order valence-corrected chi connectivity index (χ3v) is 4.88. The Hall–Kier alpha value is -0.520. The number of thioether (sulfide) groups is 1. The highest BCUT2D eigenvalue weighted by atomic mass is 32.2. The minimum atomic E-state index is 0.0893. The van der Waals surface area contributed by atoms with Gasteiger partial charge in [0.15, 0.2) is 0 Å². The number of nitrogens with one attached hydrogen (secondary N) is 1. The lowest BCUT2D eigenvalue weighted by Crippen LogP contribution is -2.41. The van der Waals surface area contributed by atoms with E-state index in [1.807, 2.05) is 24.4 Å². The van der Waals surface area contributed by atoms with E-state index in [2.05, 4.69) is 5.32 Å². The molecule has 0 spiro atoms. The fourth-order valence-electron chi connectivity index (χ4n) is 1.87. The van der Waals surface area contributed by atoms with Crippen molar-refractivity contribution < 1.29 is 9.53 Å². The summed E-state index contributed by atoms with van der Waals surface area (Å²) in [4.78, 5) is 11.7. The van der Waals surface area contributed by atoms with E-state index >= 15 is 0 Å². The van der Waals surface area contributed by atoms with Crippen LogP contribution in [0.2, 0.25) is 0 Å². The summed E-state index contributed by atoms with van der Waals surface area (Å²) < 4.78 is 6.73. The molecule has 0 aliphatic carbocycles. The molecule has 0 unspecified atom stereocenters. The molecular weight excluding hydrogens is 254 g/mol. The average Bonchev–Trinajstić information content (AvgIpc) is 2.99. The molecule has 0 bridgehead atoms. The molecule has 94 valence electrons. The van der Waals surface area contributed by atoms with Crippen LogP contribution in [0, 0.1) is 0 Å². The molecule has 1 aliphatic rings. The van der Waals surface area contributed by atoms with Crippen LogP contribution in [-0.2, 0) is 9.53 Å². The maximum atomic E-state index is 11.7. The Kier molecular flexibility index (Phi) is 4.88. The lowest BCUT2D eigenvalue weighted by Gasteiger charge is -2.19. The van der Waals surface area contributed by atoms with Crippen LogP contribution in [0.1, 0.15) is 19.8 Å². The lowest BCUT2D eigenvalue weighted by molar-refractivity contribution is -0.120. The largest absolute Gasteiger partial charge is 0.376 e. The summed E-state index contributed by atoms with van der Waals surface area (Å²) in [7, 11) is 0. The van der Waals surface area contributed by atoms with E-state index < -0.39 is 0 Å². The molecule has 2 rings (SSSR count). The van der Waals surface area contributed by atoms with E-state index in [0.717, 1.165) is 19.4 Å². The molecule has 1 aliphatic heterocycles. The molecule has 1 aromatic rings. The van der Waals surface area contributed by atoms with Crippen molar-refractivity contribution in [2.75, 3.05) is 12.4 Å². The van der Waals surface area contributed by atoms with Crippen molar-refractivity contribution >= 4 is 29.0 Å². The van der Waals surface area contributed by atoms with Gasteiger partial charge in [-0.2, -0.15) is 0 Å². The van der Waals surface area contributed by atoms with Gasteiger partial charge in [-0.05, 0) is 31.2 Å². The normalized spacial score (nSPS) is 21.4. The monoisotopic (exact) mass is 271 g/mol. The summed E-state index contributed by atoms with van der Waals surface area (Å²) in [6.45, 7) is 2.85. The van der Waals surface area contributed by atoms with Crippen LogP contribution in [0.3, 0.4) is 0 Å². The van der Waals surface area contributed by atoms with Crippen LogP contribution in [0.4, 0.5) is 0 Å².